The number of alkyl carbamates (subject to hydrolysis) is 1. The normalized spacial score (nSPS) is 16.9. The van der Waals surface area contributed by atoms with Crippen LogP contribution in [0.3, 0.4) is 0 Å². The van der Waals surface area contributed by atoms with Crippen LogP contribution in [-0.2, 0) is 11.3 Å². The van der Waals surface area contributed by atoms with Gasteiger partial charge in [0.05, 0.1) is 24.7 Å². The molecule has 3 aromatic rings. The Morgan fingerprint density at radius 3 is 2.32 bits per heavy atom. The van der Waals surface area contributed by atoms with E-state index in [9.17, 15) is 4.79 Å². The third-order valence-corrected chi connectivity index (χ3v) is 7.85. The number of aromatic nitrogens is 3. The maximum atomic E-state index is 11.4. The number of nitrogens with one attached hydrogen (secondary N) is 1. The molecule has 5 rings (SSSR count). The molecule has 1 aromatic carbocycles. The topological polar surface area (TPSA) is 95.9 Å². The molecule has 0 atom stereocenters. The number of hydrogen-bond donors (Lipinski definition) is 1. The number of halogens is 2. The molecule has 1 N–H and O–H groups in total. The zero-order valence-electron chi connectivity index (χ0n) is 23.4. The molecule has 4 heterocycles. The van der Waals surface area contributed by atoms with Crippen molar-refractivity contribution < 1.29 is 14.3 Å². The van der Waals surface area contributed by atoms with Crippen LogP contribution in [0.1, 0.15) is 18.4 Å². The van der Waals surface area contributed by atoms with Crippen LogP contribution in [0.5, 0.6) is 11.6 Å². The highest BCUT2D eigenvalue weighted by molar-refractivity contribution is 6.35. The van der Waals surface area contributed by atoms with Gasteiger partial charge >= 0.3 is 6.09 Å². The van der Waals surface area contributed by atoms with E-state index in [-0.39, 0.29) is 6.09 Å². The van der Waals surface area contributed by atoms with Crippen LogP contribution in [0.25, 0.3) is 11.3 Å². The van der Waals surface area contributed by atoms with Crippen LogP contribution < -0.4 is 15.0 Å². The molecular weight excluding hydrogens is 565 g/mol. The lowest BCUT2D eigenvalue weighted by atomic mass is 9.97. The third kappa shape index (κ3) is 8.19. The molecule has 0 unspecified atom stereocenters. The number of carbonyl (C=O) groups excluding carboxylic acids is 1. The van der Waals surface area contributed by atoms with Crippen LogP contribution in [0.2, 0.25) is 10.0 Å². The highest BCUT2D eigenvalue weighted by Crippen LogP contribution is 2.31. The number of anilines is 1. The van der Waals surface area contributed by atoms with Crippen molar-refractivity contribution in [3.8, 4) is 22.9 Å². The number of pyridine rings is 1. The monoisotopic (exact) mass is 599 g/mol. The molecule has 0 aliphatic carbocycles. The minimum absolute atomic E-state index is 0.359. The molecular formula is C29H35Cl2N7O3. The number of amides is 1. The SMILES string of the molecule is CNC(=O)OCC1CCN(Cc2cc(Oc3cnc(N4CCN(C)CC4)nc3)nc(-c3cc(Cl)cc(Cl)c3)c2)CC1. The van der Waals surface area contributed by atoms with Crippen LogP contribution in [0, 0.1) is 5.92 Å². The summed E-state index contributed by atoms with van der Waals surface area (Å²) in [5.41, 5.74) is 2.57. The maximum absolute atomic E-state index is 11.4. The summed E-state index contributed by atoms with van der Waals surface area (Å²) in [4.78, 5) is 32.1. The highest BCUT2D eigenvalue weighted by Gasteiger charge is 2.22. The first kappa shape index (κ1) is 29.3. The summed E-state index contributed by atoms with van der Waals surface area (Å²) < 4.78 is 11.4. The van der Waals surface area contributed by atoms with Crippen molar-refractivity contribution in [1.29, 1.82) is 0 Å². The standard InChI is InChI=1S/C29H35Cl2N7O3/c1-32-29(39)40-19-20-3-5-37(6-4-20)18-21-11-26(22-13-23(30)15-24(31)14-22)35-27(12-21)41-25-16-33-28(34-17-25)38-9-7-36(2)8-10-38/h11-17,20H,3-10,18-19H2,1-2H3,(H,32,39). The largest absolute Gasteiger partial charge is 0.449 e. The molecule has 0 radical (unpaired) electrons. The number of piperazine rings is 1. The Hall–Kier alpha value is -3.18. The zero-order chi connectivity index (χ0) is 28.8. The summed E-state index contributed by atoms with van der Waals surface area (Å²) >= 11 is 12.6. The number of rotatable bonds is 8. The summed E-state index contributed by atoms with van der Waals surface area (Å²) in [6.07, 6.45) is 4.91. The van der Waals surface area contributed by atoms with E-state index in [0.717, 1.165) is 69.8 Å². The van der Waals surface area contributed by atoms with Gasteiger partial charge in [0.2, 0.25) is 11.8 Å². The summed E-state index contributed by atoms with van der Waals surface area (Å²) in [7, 11) is 3.69. The number of piperidine rings is 1. The zero-order valence-corrected chi connectivity index (χ0v) is 24.9. The average Bonchev–Trinajstić information content (AvgIpc) is 2.97. The molecule has 2 aromatic heterocycles. The van der Waals surface area contributed by atoms with E-state index in [4.69, 9.17) is 37.7 Å². The Morgan fingerprint density at radius 1 is 0.976 bits per heavy atom. The average molecular weight is 601 g/mol. The van der Waals surface area contributed by atoms with Gasteiger partial charge in [-0.05, 0) is 68.7 Å². The Bertz CT molecular complexity index is 1310. The second kappa shape index (κ2) is 13.7. The number of benzene rings is 1. The number of hydrogen-bond acceptors (Lipinski definition) is 9. The number of carbonyl (C=O) groups is 1. The first-order valence-corrected chi connectivity index (χ1v) is 14.6. The predicted molar refractivity (Wildman–Crippen MR) is 160 cm³/mol. The van der Waals surface area contributed by atoms with Gasteiger partial charge in [-0.25, -0.2) is 19.7 Å². The van der Waals surface area contributed by atoms with Gasteiger partial charge in [0.1, 0.15) is 0 Å². The molecule has 41 heavy (non-hydrogen) atoms. The first-order valence-electron chi connectivity index (χ1n) is 13.8. The van der Waals surface area contributed by atoms with Gasteiger partial charge in [-0.3, -0.25) is 4.90 Å². The lowest BCUT2D eigenvalue weighted by molar-refractivity contribution is 0.0955. The molecule has 0 bridgehead atoms. The van der Waals surface area contributed by atoms with Crippen molar-refractivity contribution in [3.63, 3.8) is 0 Å². The van der Waals surface area contributed by atoms with Crippen LogP contribution in [-0.4, -0.2) is 90.8 Å². The van der Waals surface area contributed by atoms with Crippen molar-refractivity contribution in [2.75, 3.05) is 64.9 Å². The van der Waals surface area contributed by atoms with E-state index in [2.05, 4.69) is 37.0 Å². The third-order valence-electron chi connectivity index (χ3n) is 7.41. The van der Waals surface area contributed by atoms with E-state index in [1.54, 1.807) is 25.5 Å². The van der Waals surface area contributed by atoms with Gasteiger partial charge in [0.15, 0.2) is 5.75 Å². The van der Waals surface area contributed by atoms with E-state index in [0.29, 0.717) is 45.8 Å². The van der Waals surface area contributed by atoms with Gasteiger partial charge < -0.3 is 24.6 Å². The smallest absolute Gasteiger partial charge is 0.406 e. The number of likely N-dealkylation sites (tertiary alicyclic amines) is 1. The number of ether oxygens (including phenoxy) is 2. The Labute approximate surface area is 250 Å². The molecule has 2 aliphatic heterocycles. The van der Waals surface area contributed by atoms with Gasteiger partial charge in [-0.15, -0.1) is 0 Å². The molecule has 0 spiro atoms. The van der Waals surface area contributed by atoms with Crippen LogP contribution >= 0.6 is 23.2 Å². The van der Waals surface area contributed by atoms with E-state index in [1.807, 2.05) is 24.3 Å². The number of likely N-dealkylation sites (N-methyl/N-ethyl adjacent to an activating group) is 1. The Balaban J connectivity index is 1.31. The Kier molecular flexibility index (Phi) is 9.76. The summed E-state index contributed by atoms with van der Waals surface area (Å²) in [5.74, 6) is 2.02. The Morgan fingerprint density at radius 2 is 1.66 bits per heavy atom. The molecule has 2 saturated heterocycles. The van der Waals surface area contributed by atoms with Crippen molar-refractivity contribution in [2.24, 2.45) is 5.92 Å². The first-order chi connectivity index (χ1) is 19.8. The van der Waals surface area contributed by atoms with E-state index in [1.165, 1.54) is 0 Å². The summed E-state index contributed by atoms with van der Waals surface area (Å²) in [5, 5.41) is 3.57. The maximum Gasteiger partial charge on any atom is 0.406 e. The minimum Gasteiger partial charge on any atom is -0.449 e. The van der Waals surface area contributed by atoms with E-state index < -0.39 is 0 Å². The molecule has 2 aliphatic rings. The van der Waals surface area contributed by atoms with Crippen LogP contribution in [0.15, 0.2) is 42.7 Å². The minimum atomic E-state index is -0.384. The second-order valence-corrected chi connectivity index (χ2v) is 11.4. The highest BCUT2D eigenvalue weighted by atomic mass is 35.5. The molecule has 2 fully saturated rings. The quantitative estimate of drug-likeness (QED) is 0.385. The predicted octanol–water partition coefficient (Wildman–Crippen LogP) is 4.96. The molecule has 10 nitrogen and oxygen atoms in total. The summed E-state index contributed by atoms with van der Waals surface area (Å²) in [6.45, 7) is 6.72. The van der Waals surface area contributed by atoms with Gasteiger partial charge in [-0.1, -0.05) is 23.2 Å². The fourth-order valence-corrected chi connectivity index (χ4v) is 5.57. The summed E-state index contributed by atoms with van der Waals surface area (Å²) in [6, 6.07) is 9.38. The number of nitrogens with zero attached hydrogens (tertiary/aromatic N) is 6. The lowest BCUT2D eigenvalue weighted by Gasteiger charge is -2.32. The van der Waals surface area contributed by atoms with Crippen molar-refractivity contribution >= 4 is 35.2 Å². The fourth-order valence-electron chi connectivity index (χ4n) is 5.04. The van der Waals surface area contributed by atoms with Crippen molar-refractivity contribution in [1.82, 2.24) is 30.1 Å². The van der Waals surface area contributed by atoms with E-state index >= 15 is 0 Å². The van der Waals surface area contributed by atoms with Gasteiger partial charge in [-0.2, -0.15) is 0 Å². The van der Waals surface area contributed by atoms with Gasteiger partial charge in [0.25, 0.3) is 0 Å². The molecule has 1 amide bonds. The molecule has 0 saturated carbocycles. The van der Waals surface area contributed by atoms with Crippen molar-refractivity contribution in [2.45, 2.75) is 19.4 Å². The van der Waals surface area contributed by atoms with Crippen LogP contribution in [0.4, 0.5) is 10.7 Å². The lowest BCUT2D eigenvalue weighted by Crippen LogP contribution is -2.45. The second-order valence-electron chi connectivity index (χ2n) is 10.5. The molecule has 12 heteroatoms. The fraction of sp³-hybridized carbons (Fsp3) is 0.448. The van der Waals surface area contributed by atoms with Gasteiger partial charge in [0, 0.05) is 61.4 Å². The van der Waals surface area contributed by atoms with Crippen molar-refractivity contribution in [3.05, 3.63) is 58.3 Å². The molecule has 218 valence electrons.